The standard InChI is InChI=1S/C13H13ClN2O3/c1-2-3-9(15)13(17)16-10-7-12-11(6-8(10)14)18-4-5-19-12/h1,6-7,9H,3-5,15H2,(H,16,17). The number of rotatable bonds is 3. The van der Waals surface area contributed by atoms with Crippen LogP contribution in [0.3, 0.4) is 0 Å². The molecule has 1 heterocycles. The number of halogens is 1. The summed E-state index contributed by atoms with van der Waals surface area (Å²) in [5.74, 6) is 3.04. The van der Waals surface area contributed by atoms with Crippen molar-refractivity contribution >= 4 is 23.2 Å². The number of ether oxygens (including phenoxy) is 2. The van der Waals surface area contributed by atoms with Gasteiger partial charge in [-0.15, -0.1) is 12.3 Å². The lowest BCUT2D eigenvalue weighted by atomic mass is 10.2. The molecule has 1 atom stereocenters. The SMILES string of the molecule is C#CCC(N)C(=O)Nc1cc2c(cc1Cl)OCCO2. The molecule has 0 aliphatic carbocycles. The molecule has 0 fully saturated rings. The van der Waals surface area contributed by atoms with Gasteiger partial charge >= 0.3 is 0 Å². The monoisotopic (exact) mass is 280 g/mol. The quantitative estimate of drug-likeness (QED) is 0.821. The Morgan fingerprint density at radius 2 is 2.11 bits per heavy atom. The third-order valence-electron chi connectivity index (χ3n) is 2.56. The Morgan fingerprint density at radius 1 is 1.47 bits per heavy atom. The summed E-state index contributed by atoms with van der Waals surface area (Å²) in [6.07, 6.45) is 5.27. The molecule has 5 nitrogen and oxygen atoms in total. The summed E-state index contributed by atoms with van der Waals surface area (Å²) in [6, 6.07) is 2.43. The molecule has 1 aromatic rings. The van der Waals surface area contributed by atoms with Gasteiger partial charge in [-0.2, -0.15) is 0 Å². The van der Waals surface area contributed by atoms with E-state index in [0.717, 1.165) is 0 Å². The Kier molecular flexibility index (Phi) is 4.15. The molecular weight excluding hydrogens is 268 g/mol. The third-order valence-corrected chi connectivity index (χ3v) is 2.88. The number of hydrogen-bond donors (Lipinski definition) is 2. The van der Waals surface area contributed by atoms with E-state index in [9.17, 15) is 4.79 Å². The summed E-state index contributed by atoms with van der Waals surface area (Å²) >= 11 is 6.06. The fourth-order valence-corrected chi connectivity index (χ4v) is 1.81. The van der Waals surface area contributed by atoms with E-state index in [4.69, 9.17) is 33.2 Å². The number of terminal acetylenes is 1. The topological polar surface area (TPSA) is 73.6 Å². The van der Waals surface area contributed by atoms with Crippen molar-refractivity contribution in [2.45, 2.75) is 12.5 Å². The van der Waals surface area contributed by atoms with E-state index in [1.165, 1.54) is 0 Å². The molecule has 19 heavy (non-hydrogen) atoms. The van der Waals surface area contributed by atoms with Crippen molar-refractivity contribution in [1.82, 2.24) is 0 Å². The second-order valence-electron chi connectivity index (χ2n) is 3.98. The second kappa shape index (κ2) is 5.83. The van der Waals surface area contributed by atoms with Crippen molar-refractivity contribution in [3.05, 3.63) is 17.2 Å². The van der Waals surface area contributed by atoms with Crippen LogP contribution >= 0.6 is 11.6 Å². The van der Waals surface area contributed by atoms with E-state index in [1.54, 1.807) is 12.1 Å². The van der Waals surface area contributed by atoms with E-state index in [2.05, 4.69) is 11.2 Å². The fraction of sp³-hybridized carbons (Fsp3) is 0.308. The zero-order valence-corrected chi connectivity index (χ0v) is 10.9. The number of amides is 1. The average molecular weight is 281 g/mol. The van der Waals surface area contributed by atoms with Crippen LogP contribution in [0.2, 0.25) is 5.02 Å². The molecule has 2 rings (SSSR count). The number of carbonyl (C=O) groups is 1. The lowest BCUT2D eigenvalue weighted by Crippen LogP contribution is -2.35. The van der Waals surface area contributed by atoms with E-state index >= 15 is 0 Å². The smallest absolute Gasteiger partial charge is 0.242 e. The van der Waals surface area contributed by atoms with Crippen LogP contribution in [0.15, 0.2) is 12.1 Å². The lowest BCUT2D eigenvalue weighted by Gasteiger charge is -2.20. The van der Waals surface area contributed by atoms with Gasteiger partial charge in [0.05, 0.1) is 16.8 Å². The number of carbonyl (C=O) groups excluding carboxylic acids is 1. The van der Waals surface area contributed by atoms with Crippen molar-refractivity contribution in [1.29, 1.82) is 0 Å². The summed E-state index contributed by atoms with van der Waals surface area (Å²) in [4.78, 5) is 11.8. The van der Waals surface area contributed by atoms with Crippen LogP contribution in [-0.2, 0) is 4.79 Å². The van der Waals surface area contributed by atoms with E-state index in [-0.39, 0.29) is 6.42 Å². The van der Waals surface area contributed by atoms with Gasteiger partial charge in [-0.3, -0.25) is 4.79 Å². The highest BCUT2D eigenvalue weighted by Crippen LogP contribution is 2.37. The van der Waals surface area contributed by atoms with Gasteiger partial charge in [0.2, 0.25) is 5.91 Å². The van der Waals surface area contributed by atoms with Gasteiger partial charge < -0.3 is 20.5 Å². The molecule has 1 aliphatic rings. The van der Waals surface area contributed by atoms with Gasteiger partial charge in [0.25, 0.3) is 0 Å². The molecule has 1 aromatic carbocycles. The zero-order chi connectivity index (χ0) is 13.8. The maximum Gasteiger partial charge on any atom is 0.242 e. The summed E-state index contributed by atoms with van der Waals surface area (Å²) in [6.45, 7) is 0.931. The van der Waals surface area contributed by atoms with Crippen LogP contribution in [0.5, 0.6) is 11.5 Å². The molecular formula is C13H13ClN2O3. The highest BCUT2D eigenvalue weighted by Gasteiger charge is 2.18. The summed E-state index contributed by atoms with van der Waals surface area (Å²) in [5.41, 5.74) is 6.03. The van der Waals surface area contributed by atoms with Crippen LogP contribution in [-0.4, -0.2) is 25.2 Å². The summed E-state index contributed by atoms with van der Waals surface area (Å²) < 4.78 is 10.8. The summed E-state index contributed by atoms with van der Waals surface area (Å²) in [7, 11) is 0. The number of nitrogens with one attached hydrogen (secondary N) is 1. The fourth-order valence-electron chi connectivity index (χ4n) is 1.60. The first kappa shape index (κ1) is 13.5. The van der Waals surface area contributed by atoms with Crippen LogP contribution in [0.1, 0.15) is 6.42 Å². The lowest BCUT2D eigenvalue weighted by molar-refractivity contribution is -0.117. The van der Waals surface area contributed by atoms with Crippen molar-refractivity contribution in [2.75, 3.05) is 18.5 Å². The highest BCUT2D eigenvalue weighted by molar-refractivity contribution is 6.34. The maximum absolute atomic E-state index is 11.8. The first-order chi connectivity index (χ1) is 9.11. The number of benzene rings is 1. The van der Waals surface area contributed by atoms with Crippen molar-refractivity contribution < 1.29 is 14.3 Å². The third kappa shape index (κ3) is 3.11. The predicted octanol–water partition coefficient (Wildman–Crippen LogP) is 1.40. The zero-order valence-electron chi connectivity index (χ0n) is 10.1. The minimum atomic E-state index is -0.769. The van der Waals surface area contributed by atoms with Gasteiger partial charge in [0, 0.05) is 18.6 Å². The largest absolute Gasteiger partial charge is 0.486 e. The molecule has 3 N–H and O–H groups in total. The summed E-state index contributed by atoms with van der Waals surface area (Å²) in [5, 5.41) is 2.97. The molecule has 0 bridgehead atoms. The van der Waals surface area contributed by atoms with Gasteiger partial charge in [-0.05, 0) is 0 Å². The number of fused-ring (bicyclic) bond motifs is 1. The Labute approximate surface area is 116 Å². The van der Waals surface area contributed by atoms with E-state index in [0.29, 0.717) is 35.4 Å². The molecule has 1 amide bonds. The van der Waals surface area contributed by atoms with E-state index < -0.39 is 11.9 Å². The molecule has 0 saturated heterocycles. The Hall–Kier alpha value is -1.90. The van der Waals surface area contributed by atoms with Gasteiger partial charge in [0.1, 0.15) is 13.2 Å². The Bertz CT molecular complexity index is 539. The van der Waals surface area contributed by atoms with Crippen LogP contribution in [0.25, 0.3) is 0 Å². The molecule has 0 aromatic heterocycles. The predicted molar refractivity (Wildman–Crippen MR) is 72.5 cm³/mol. The number of nitrogens with two attached hydrogens (primary N) is 1. The molecule has 100 valence electrons. The molecule has 1 unspecified atom stereocenters. The highest BCUT2D eigenvalue weighted by atomic mass is 35.5. The van der Waals surface area contributed by atoms with E-state index in [1.807, 2.05) is 0 Å². The van der Waals surface area contributed by atoms with Crippen LogP contribution in [0, 0.1) is 12.3 Å². The number of hydrogen-bond acceptors (Lipinski definition) is 4. The normalized spacial score (nSPS) is 14.4. The first-order valence-corrected chi connectivity index (χ1v) is 6.08. The van der Waals surface area contributed by atoms with Gasteiger partial charge in [-0.1, -0.05) is 11.6 Å². The van der Waals surface area contributed by atoms with Crippen molar-refractivity contribution in [3.8, 4) is 23.8 Å². The average Bonchev–Trinajstić information content (AvgIpc) is 2.39. The molecule has 6 heteroatoms. The minimum Gasteiger partial charge on any atom is -0.486 e. The van der Waals surface area contributed by atoms with Crippen LogP contribution in [0.4, 0.5) is 5.69 Å². The van der Waals surface area contributed by atoms with Gasteiger partial charge in [-0.25, -0.2) is 0 Å². The molecule has 0 spiro atoms. The number of anilines is 1. The minimum absolute atomic E-state index is 0.161. The van der Waals surface area contributed by atoms with Crippen molar-refractivity contribution in [3.63, 3.8) is 0 Å². The molecule has 0 radical (unpaired) electrons. The second-order valence-corrected chi connectivity index (χ2v) is 4.39. The maximum atomic E-state index is 11.8. The van der Waals surface area contributed by atoms with Gasteiger partial charge in [0.15, 0.2) is 11.5 Å². The molecule has 1 aliphatic heterocycles. The Balaban J connectivity index is 2.17. The van der Waals surface area contributed by atoms with Crippen LogP contribution < -0.4 is 20.5 Å². The van der Waals surface area contributed by atoms with Crippen molar-refractivity contribution in [2.24, 2.45) is 5.73 Å². The molecule has 0 saturated carbocycles. The Morgan fingerprint density at radius 3 is 2.74 bits per heavy atom. The first-order valence-electron chi connectivity index (χ1n) is 5.71.